The Morgan fingerprint density at radius 1 is 1.17 bits per heavy atom. The van der Waals surface area contributed by atoms with Crippen LogP contribution >= 0.6 is 0 Å². The average Bonchev–Trinajstić information content (AvgIpc) is 3.40. The first-order valence-electron chi connectivity index (χ1n) is 11.1. The lowest BCUT2D eigenvalue weighted by Crippen LogP contribution is -2.28. The van der Waals surface area contributed by atoms with Crippen molar-refractivity contribution in [2.45, 2.75) is 31.8 Å². The largest absolute Gasteiger partial charge is 0.394 e. The first-order valence-corrected chi connectivity index (χ1v) is 11.1. The van der Waals surface area contributed by atoms with Gasteiger partial charge in [0.2, 0.25) is 17.8 Å². The van der Waals surface area contributed by atoms with Crippen LogP contribution in [0.2, 0.25) is 0 Å². The molecule has 1 aliphatic heterocycles. The topological polar surface area (TPSA) is 160 Å². The summed E-state index contributed by atoms with van der Waals surface area (Å²) in [6.07, 6.45) is -2.54. The van der Waals surface area contributed by atoms with Crippen LogP contribution in [-0.2, 0) is 9.53 Å². The number of imidazole rings is 1. The highest BCUT2D eigenvalue weighted by Gasteiger charge is 2.38. The molecule has 35 heavy (non-hydrogen) atoms. The number of carbonyl (C=O) groups excluding carboxylic acids is 1. The molecule has 0 spiro atoms. The first kappa shape index (κ1) is 22.7. The number of ether oxygens (including phenoxy) is 1. The third-order valence-electron chi connectivity index (χ3n) is 5.97. The summed E-state index contributed by atoms with van der Waals surface area (Å²) in [7, 11) is 0. The molecule has 1 saturated heterocycles. The molecule has 0 aliphatic carbocycles. The van der Waals surface area contributed by atoms with Crippen LogP contribution in [0, 0.1) is 0 Å². The number of nitrogens with zero attached hydrogens (tertiary/aromatic N) is 4. The molecule has 0 saturated carbocycles. The molecule has 4 aromatic rings. The zero-order valence-electron chi connectivity index (χ0n) is 18.8. The van der Waals surface area contributed by atoms with Crippen LogP contribution < -0.4 is 16.2 Å². The molecule has 2 aromatic heterocycles. The lowest BCUT2D eigenvalue weighted by molar-refractivity contribution is -0.116. The maximum absolute atomic E-state index is 12.9. The molecule has 11 heteroatoms. The fourth-order valence-corrected chi connectivity index (χ4v) is 4.32. The van der Waals surface area contributed by atoms with E-state index in [2.05, 4.69) is 15.0 Å². The highest BCUT2D eigenvalue weighted by Crippen LogP contribution is 2.37. The number of hydrogen-bond acceptors (Lipinski definition) is 8. The van der Waals surface area contributed by atoms with Gasteiger partial charge in [-0.25, -0.2) is 4.98 Å². The molecular weight excluding hydrogens is 452 g/mol. The summed E-state index contributed by atoms with van der Waals surface area (Å²) in [6.45, 7) is 0.981. The van der Waals surface area contributed by atoms with Gasteiger partial charge in [-0.1, -0.05) is 42.5 Å². The Hall–Kier alpha value is -4.06. The number of aromatic amines is 1. The summed E-state index contributed by atoms with van der Waals surface area (Å²) < 4.78 is 7.30. The van der Waals surface area contributed by atoms with Gasteiger partial charge in [0.05, 0.1) is 18.4 Å². The second kappa shape index (κ2) is 8.95. The molecular formula is C24H24N6O5. The van der Waals surface area contributed by atoms with E-state index >= 15 is 0 Å². The number of amides is 1. The van der Waals surface area contributed by atoms with Gasteiger partial charge in [-0.05, 0) is 23.3 Å². The third-order valence-corrected chi connectivity index (χ3v) is 5.97. The monoisotopic (exact) mass is 476 g/mol. The van der Waals surface area contributed by atoms with Crippen molar-refractivity contribution in [2.24, 2.45) is 0 Å². The molecule has 1 fully saturated rings. The van der Waals surface area contributed by atoms with Crippen LogP contribution in [0.4, 0.5) is 17.6 Å². The number of rotatable bonds is 5. The number of carbonyl (C=O) groups is 1. The fourth-order valence-electron chi connectivity index (χ4n) is 4.32. The number of hydrogen-bond donors (Lipinski definition) is 4. The fraction of sp³-hybridized carbons (Fsp3) is 0.250. The number of nitrogens with two attached hydrogens (primary N) is 1. The van der Waals surface area contributed by atoms with E-state index in [9.17, 15) is 19.8 Å². The van der Waals surface area contributed by atoms with E-state index in [1.807, 2.05) is 42.5 Å². The molecule has 1 amide bonds. The van der Waals surface area contributed by atoms with Gasteiger partial charge in [0.15, 0.2) is 11.2 Å². The van der Waals surface area contributed by atoms with Gasteiger partial charge < -0.3 is 20.7 Å². The highest BCUT2D eigenvalue weighted by molar-refractivity contribution is 5.99. The molecule has 5 rings (SSSR count). The molecule has 0 bridgehead atoms. The van der Waals surface area contributed by atoms with Gasteiger partial charge in [0.1, 0.15) is 12.3 Å². The number of benzene rings is 2. The normalized spacial score (nSPS) is 19.8. The highest BCUT2D eigenvalue weighted by atomic mass is 16.5. The molecule has 0 unspecified atom stereocenters. The van der Waals surface area contributed by atoms with Gasteiger partial charge in [-0.15, -0.1) is 0 Å². The van der Waals surface area contributed by atoms with E-state index in [0.29, 0.717) is 5.69 Å². The van der Waals surface area contributed by atoms with Crippen molar-refractivity contribution < 1.29 is 19.7 Å². The van der Waals surface area contributed by atoms with Crippen LogP contribution in [0.25, 0.3) is 22.3 Å². The minimum atomic E-state index is -0.953. The minimum Gasteiger partial charge on any atom is -0.394 e. The van der Waals surface area contributed by atoms with Crippen LogP contribution in [0.3, 0.4) is 0 Å². The van der Waals surface area contributed by atoms with Crippen molar-refractivity contribution in [3.63, 3.8) is 0 Å². The summed E-state index contributed by atoms with van der Waals surface area (Å²) in [5.74, 6) is -0.413. The number of nitrogens with one attached hydrogen (secondary N) is 1. The van der Waals surface area contributed by atoms with E-state index in [0.717, 1.165) is 11.1 Å². The molecule has 1 aliphatic rings. The molecule has 0 radical (unpaired) electrons. The molecule has 2 aromatic carbocycles. The van der Waals surface area contributed by atoms with Crippen LogP contribution in [-0.4, -0.2) is 54.5 Å². The van der Waals surface area contributed by atoms with Crippen LogP contribution in [0.1, 0.15) is 19.6 Å². The molecule has 3 heterocycles. The number of aromatic nitrogens is 4. The Morgan fingerprint density at radius 3 is 2.49 bits per heavy atom. The summed E-state index contributed by atoms with van der Waals surface area (Å²) >= 11 is 0. The lowest BCUT2D eigenvalue weighted by atomic mass is 10.1. The zero-order chi connectivity index (χ0) is 24.7. The van der Waals surface area contributed by atoms with Gasteiger partial charge >= 0.3 is 0 Å². The van der Waals surface area contributed by atoms with E-state index < -0.39 is 30.6 Å². The summed E-state index contributed by atoms with van der Waals surface area (Å²) in [5.41, 5.74) is 7.77. The van der Waals surface area contributed by atoms with E-state index in [1.165, 1.54) is 16.4 Å². The number of aliphatic hydroxyl groups is 2. The second-order valence-electron chi connectivity index (χ2n) is 8.29. The van der Waals surface area contributed by atoms with Crippen molar-refractivity contribution in [1.29, 1.82) is 0 Å². The molecule has 180 valence electrons. The van der Waals surface area contributed by atoms with Crippen molar-refractivity contribution >= 4 is 34.7 Å². The number of anilines is 3. The Labute approximate surface area is 199 Å². The Balaban J connectivity index is 1.66. The van der Waals surface area contributed by atoms with Crippen molar-refractivity contribution in [3.05, 3.63) is 65.0 Å². The van der Waals surface area contributed by atoms with E-state index in [1.54, 1.807) is 12.1 Å². The maximum Gasteiger partial charge on any atom is 0.280 e. The van der Waals surface area contributed by atoms with Crippen LogP contribution in [0.15, 0.2) is 59.4 Å². The van der Waals surface area contributed by atoms with Gasteiger partial charge in [-0.3, -0.25) is 24.0 Å². The zero-order valence-corrected chi connectivity index (χ0v) is 18.8. The quantitative estimate of drug-likeness (QED) is 0.339. The SMILES string of the molecule is CC(=O)N(c1ccc(-c2ccccc2)cc1)c1nc2c(=O)[nH]c(N)nc2n1[C@H]1C[C@H](O)[C@@H](CO)O1. The van der Waals surface area contributed by atoms with Crippen molar-refractivity contribution in [2.75, 3.05) is 17.2 Å². The van der Waals surface area contributed by atoms with Gasteiger partial charge in [0.25, 0.3) is 5.56 Å². The predicted molar refractivity (Wildman–Crippen MR) is 129 cm³/mol. The maximum atomic E-state index is 12.9. The summed E-state index contributed by atoms with van der Waals surface area (Å²) in [6, 6.07) is 17.1. The summed E-state index contributed by atoms with van der Waals surface area (Å²) in [5, 5.41) is 19.9. The molecule has 5 N–H and O–H groups in total. The van der Waals surface area contributed by atoms with E-state index in [4.69, 9.17) is 10.5 Å². The Kier molecular flexibility index (Phi) is 5.81. The van der Waals surface area contributed by atoms with E-state index in [-0.39, 0.29) is 35.4 Å². The predicted octanol–water partition coefficient (Wildman–Crippen LogP) is 1.69. The van der Waals surface area contributed by atoms with Crippen molar-refractivity contribution in [1.82, 2.24) is 19.5 Å². The van der Waals surface area contributed by atoms with Crippen LogP contribution in [0.5, 0.6) is 0 Å². The van der Waals surface area contributed by atoms with Gasteiger partial charge in [-0.2, -0.15) is 4.98 Å². The van der Waals surface area contributed by atoms with Crippen molar-refractivity contribution in [3.8, 4) is 11.1 Å². The summed E-state index contributed by atoms with van der Waals surface area (Å²) in [4.78, 5) is 37.9. The molecule has 11 nitrogen and oxygen atoms in total. The third kappa shape index (κ3) is 4.05. The first-order chi connectivity index (χ1) is 16.9. The van der Waals surface area contributed by atoms with Gasteiger partial charge in [0, 0.05) is 13.3 Å². The minimum absolute atomic E-state index is 0.0353. The Bertz CT molecular complexity index is 1430. The standard InChI is InChI=1S/C24H24N6O5/c1-13(32)29(16-9-7-15(8-10-16)14-5-3-2-4-6-14)24-26-20-21(27-23(25)28-22(20)34)30(24)19-11-17(33)18(12-31)35-19/h2-10,17-19,31,33H,11-12H2,1H3,(H3,25,27,28,34)/t17-,18+,19+/m0/s1. The number of fused-ring (bicyclic) bond motifs is 1. The average molecular weight is 476 g/mol. The molecule has 3 atom stereocenters. The number of nitrogen functional groups attached to an aromatic ring is 1. The smallest absolute Gasteiger partial charge is 0.280 e. The Morgan fingerprint density at radius 2 is 1.86 bits per heavy atom. The number of H-pyrrole nitrogens is 1. The number of aliphatic hydroxyl groups excluding tert-OH is 2. The lowest BCUT2D eigenvalue weighted by Gasteiger charge is -2.24. The second-order valence-corrected chi connectivity index (χ2v) is 8.29.